The van der Waals surface area contributed by atoms with Gasteiger partial charge < -0.3 is 4.48 Å². The van der Waals surface area contributed by atoms with Gasteiger partial charge in [-0.2, -0.15) is 0 Å². The standard InChI is InChI=1S/C25H54N/c1-5-7-8-9-10-11-12-13-14-15-16-17-18-19-20-21-22-23-24-25-26(3,4)6-2/h5-25H2,1-4H3/q+1. The molecule has 0 radical (unpaired) electrons. The molecule has 0 unspecified atom stereocenters. The van der Waals surface area contributed by atoms with Gasteiger partial charge in [0.25, 0.3) is 0 Å². The molecule has 0 aromatic heterocycles. The van der Waals surface area contributed by atoms with Gasteiger partial charge in [-0.05, 0) is 19.8 Å². The summed E-state index contributed by atoms with van der Waals surface area (Å²) in [5.74, 6) is 0. The Labute approximate surface area is 167 Å². The molecule has 0 amide bonds. The minimum Gasteiger partial charge on any atom is -0.329 e. The fourth-order valence-electron chi connectivity index (χ4n) is 3.78. The summed E-state index contributed by atoms with van der Waals surface area (Å²) in [7, 11) is 4.71. The van der Waals surface area contributed by atoms with Crippen LogP contribution < -0.4 is 0 Å². The molecule has 0 bridgehead atoms. The molecule has 0 aliphatic carbocycles. The molecule has 0 saturated carbocycles. The van der Waals surface area contributed by atoms with E-state index in [1.165, 1.54) is 140 Å². The van der Waals surface area contributed by atoms with Gasteiger partial charge in [-0.25, -0.2) is 0 Å². The van der Waals surface area contributed by atoms with E-state index >= 15 is 0 Å². The summed E-state index contributed by atoms with van der Waals surface area (Å²) in [6, 6.07) is 0. The van der Waals surface area contributed by atoms with Crippen LogP contribution in [0.1, 0.15) is 136 Å². The Kier molecular flexibility index (Phi) is 19.7. The minimum atomic E-state index is 1.19. The van der Waals surface area contributed by atoms with E-state index < -0.39 is 0 Å². The average Bonchev–Trinajstić information content (AvgIpc) is 2.63. The summed E-state index contributed by atoms with van der Waals surface area (Å²) in [6.07, 6.45) is 27.9. The van der Waals surface area contributed by atoms with E-state index in [2.05, 4.69) is 27.9 Å². The average molecular weight is 369 g/mol. The van der Waals surface area contributed by atoms with Crippen molar-refractivity contribution in [1.29, 1.82) is 0 Å². The lowest BCUT2D eigenvalue weighted by molar-refractivity contribution is -0.888. The van der Waals surface area contributed by atoms with E-state index in [0.29, 0.717) is 0 Å². The molecule has 0 spiro atoms. The highest BCUT2D eigenvalue weighted by atomic mass is 15.3. The van der Waals surface area contributed by atoms with E-state index in [9.17, 15) is 0 Å². The van der Waals surface area contributed by atoms with E-state index in [0.717, 1.165) is 0 Å². The van der Waals surface area contributed by atoms with Crippen LogP contribution in [0.4, 0.5) is 0 Å². The highest BCUT2D eigenvalue weighted by molar-refractivity contribution is 4.50. The van der Waals surface area contributed by atoms with Gasteiger partial charge in [0.05, 0.1) is 27.2 Å². The molecule has 1 nitrogen and oxygen atoms in total. The van der Waals surface area contributed by atoms with Crippen molar-refractivity contribution >= 4 is 0 Å². The smallest absolute Gasteiger partial charge is 0.0782 e. The third kappa shape index (κ3) is 20.3. The van der Waals surface area contributed by atoms with Crippen LogP contribution >= 0.6 is 0 Å². The van der Waals surface area contributed by atoms with Crippen molar-refractivity contribution in [2.75, 3.05) is 27.2 Å². The van der Waals surface area contributed by atoms with Crippen molar-refractivity contribution in [1.82, 2.24) is 0 Å². The van der Waals surface area contributed by atoms with Crippen molar-refractivity contribution in [2.45, 2.75) is 136 Å². The molecular formula is C25H54N+. The molecule has 0 rings (SSSR count). The molecular weight excluding hydrogens is 314 g/mol. The van der Waals surface area contributed by atoms with Crippen LogP contribution in [0.25, 0.3) is 0 Å². The van der Waals surface area contributed by atoms with Crippen LogP contribution in [0.2, 0.25) is 0 Å². The highest BCUT2D eigenvalue weighted by Gasteiger charge is 2.09. The molecule has 26 heavy (non-hydrogen) atoms. The Bertz CT molecular complexity index is 259. The van der Waals surface area contributed by atoms with E-state index in [4.69, 9.17) is 0 Å². The van der Waals surface area contributed by atoms with Gasteiger partial charge in [-0.15, -0.1) is 0 Å². The largest absolute Gasteiger partial charge is 0.329 e. The Hall–Kier alpha value is -0.0400. The van der Waals surface area contributed by atoms with Gasteiger partial charge in [-0.1, -0.05) is 116 Å². The lowest BCUT2D eigenvalue weighted by Crippen LogP contribution is -2.39. The van der Waals surface area contributed by atoms with Gasteiger partial charge in [0, 0.05) is 0 Å². The van der Waals surface area contributed by atoms with E-state index in [1.54, 1.807) is 0 Å². The first kappa shape index (κ1) is 26.0. The SMILES string of the molecule is CCCCCCCCCCCCCCCCCCCCC[N+](C)(C)CC. The Morgan fingerprint density at radius 2 is 0.654 bits per heavy atom. The maximum Gasteiger partial charge on any atom is 0.0782 e. The second kappa shape index (κ2) is 19.7. The summed E-state index contributed by atoms with van der Waals surface area (Å²) in [5, 5.41) is 0. The summed E-state index contributed by atoms with van der Waals surface area (Å²) in [5.41, 5.74) is 0. The number of rotatable bonds is 21. The quantitative estimate of drug-likeness (QED) is 0.141. The first-order chi connectivity index (χ1) is 12.6. The van der Waals surface area contributed by atoms with E-state index in [1.807, 2.05) is 0 Å². The van der Waals surface area contributed by atoms with Gasteiger partial charge in [-0.3, -0.25) is 0 Å². The molecule has 1 heteroatoms. The Morgan fingerprint density at radius 3 is 0.923 bits per heavy atom. The number of hydrogen-bond donors (Lipinski definition) is 0. The zero-order chi connectivity index (χ0) is 19.3. The maximum absolute atomic E-state index is 2.36. The molecule has 0 aromatic rings. The normalized spacial score (nSPS) is 12.0. The third-order valence-corrected chi connectivity index (χ3v) is 6.22. The summed E-state index contributed by atoms with van der Waals surface area (Å²) < 4.78 is 1.19. The Balaban J connectivity index is 3.05. The van der Waals surface area contributed by atoms with Gasteiger partial charge in [0.2, 0.25) is 0 Å². The van der Waals surface area contributed by atoms with Crippen LogP contribution in [0, 0.1) is 0 Å². The molecule has 0 aromatic carbocycles. The van der Waals surface area contributed by atoms with Crippen LogP contribution in [0.5, 0.6) is 0 Å². The van der Waals surface area contributed by atoms with Crippen LogP contribution in [-0.4, -0.2) is 31.7 Å². The molecule has 0 fully saturated rings. The van der Waals surface area contributed by atoms with Crippen LogP contribution in [0.15, 0.2) is 0 Å². The predicted octanol–water partition coefficient (Wildman–Crippen LogP) is 8.51. The third-order valence-electron chi connectivity index (χ3n) is 6.22. The first-order valence-electron chi connectivity index (χ1n) is 12.4. The highest BCUT2D eigenvalue weighted by Crippen LogP contribution is 2.14. The maximum atomic E-state index is 2.36. The summed E-state index contributed by atoms with van der Waals surface area (Å²) in [6.45, 7) is 7.22. The lowest BCUT2D eigenvalue weighted by Gasteiger charge is -2.28. The molecule has 0 N–H and O–H groups in total. The number of hydrogen-bond acceptors (Lipinski definition) is 0. The zero-order valence-corrected chi connectivity index (χ0v) is 19.3. The second-order valence-corrected chi connectivity index (χ2v) is 9.34. The van der Waals surface area contributed by atoms with Crippen molar-refractivity contribution in [3.63, 3.8) is 0 Å². The summed E-state index contributed by atoms with van der Waals surface area (Å²) in [4.78, 5) is 0. The number of quaternary nitrogens is 1. The van der Waals surface area contributed by atoms with Gasteiger partial charge in [0.15, 0.2) is 0 Å². The second-order valence-electron chi connectivity index (χ2n) is 9.34. The monoisotopic (exact) mass is 368 g/mol. The van der Waals surface area contributed by atoms with Crippen molar-refractivity contribution in [3.05, 3.63) is 0 Å². The molecule has 158 valence electrons. The topological polar surface area (TPSA) is 0 Å². The van der Waals surface area contributed by atoms with Crippen LogP contribution in [0.3, 0.4) is 0 Å². The fraction of sp³-hybridized carbons (Fsp3) is 1.00. The lowest BCUT2D eigenvalue weighted by atomic mass is 10.0. The van der Waals surface area contributed by atoms with Gasteiger partial charge >= 0.3 is 0 Å². The van der Waals surface area contributed by atoms with Crippen molar-refractivity contribution < 1.29 is 4.48 Å². The predicted molar refractivity (Wildman–Crippen MR) is 121 cm³/mol. The number of nitrogens with zero attached hydrogens (tertiary/aromatic N) is 1. The van der Waals surface area contributed by atoms with Gasteiger partial charge in [0.1, 0.15) is 0 Å². The molecule has 0 heterocycles. The zero-order valence-electron chi connectivity index (χ0n) is 19.3. The molecule has 0 aliphatic heterocycles. The summed E-state index contributed by atoms with van der Waals surface area (Å²) >= 11 is 0. The Morgan fingerprint density at radius 1 is 0.385 bits per heavy atom. The minimum absolute atomic E-state index is 1.19. The van der Waals surface area contributed by atoms with E-state index in [-0.39, 0.29) is 0 Å². The van der Waals surface area contributed by atoms with Crippen molar-refractivity contribution in [3.8, 4) is 0 Å². The molecule has 0 saturated heterocycles. The fourth-order valence-corrected chi connectivity index (χ4v) is 3.78. The first-order valence-corrected chi connectivity index (χ1v) is 12.4. The van der Waals surface area contributed by atoms with Crippen molar-refractivity contribution in [2.24, 2.45) is 0 Å². The molecule has 0 atom stereocenters. The molecule has 0 aliphatic rings. The number of unbranched alkanes of at least 4 members (excludes halogenated alkanes) is 18. The van der Waals surface area contributed by atoms with Crippen LogP contribution in [-0.2, 0) is 0 Å².